The first kappa shape index (κ1) is 13.4. The monoisotopic (exact) mass is 231 g/mol. The van der Waals surface area contributed by atoms with Gasteiger partial charge in [-0.1, -0.05) is 0 Å². The Bertz CT molecular complexity index is 224. The Morgan fingerprint density at radius 1 is 1.69 bits per heavy atom. The normalized spacial score (nSPS) is 24.1. The molecule has 1 aliphatic rings. The third kappa shape index (κ3) is 4.47. The summed E-state index contributed by atoms with van der Waals surface area (Å²) in [6, 6.07) is 0. The van der Waals surface area contributed by atoms with Crippen LogP contribution in [0.1, 0.15) is 26.2 Å². The fourth-order valence-corrected chi connectivity index (χ4v) is 1.59. The maximum Gasteiger partial charge on any atom is 0.249 e. The summed E-state index contributed by atoms with van der Waals surface area (Å²) in [7, 11) is 1.58. The minimum absolute atomic E-state index is 0.129. The molecule has 0 aromatic rings. The number of hydrogen-bond acceptors (Lipinski definition) is 4. The van der Waals surface area contributed by atoms with Crippen LogP contribution in [0.3, 0.4) is 0 Å². The molecule has 1 unspecified atom stereocenters. The highest BCUT2D eigenvalue weighted by molar-refractivity contribution is 5.81. The molecule has 1 fully saturated rings. The van der Waals surface area contributed by atoms with Crippen molar-refractivity contribution in [3.63, 3.8) is 0 Å². The molecule has 16 heavy (non-hydrogen) atoms. The first-order valence-corrected chi connectivity index (χ1v) is 5.66. The summed E-state index contributed by atoms with van der Waals surface area (Å²) >= 11 is 0. The third-order valence-corrected chi connectivity index (χ3v) is 2.71. The second kappa shape index (κ2) is 6.18. The predicted molar refractivity (Wildman–Crippen MR) is 59.1 cm³/mol. The molecule has 2 atom stereocenters. The lowest BCUT2D eigenvalue weighted by Crippen LogP contribution is -2.44. The van der Waals surface area contributed by atoms with E-state index in [1.807, 2.05) is 0 Å². The number of carbonyl (C=O) groups is 1. The quantitative estimate of drug-likeness (QED) is 0.679. The van der Waals surface area contributed by atoms with Gasteiger partial charge in [0.05, 0.1) is 5.60 Å². The van der Waals surface area contributed by atoms with Gasteiger partial charge in [0.25, 0.3) is 0 Å². The number of carbonyl (C=O) groups excluding carboxylic acids is 1. The van der Waals surface area contributed by atoms with E-state index in [9.17, 15) is 9.90 Å². The standard InChI is InChI=1S/C11H21NO4/c1-11(14,5-7-15-2)8-12-10(13)9-4-3-6-16-9/h9,14H,3-8H2,1-2H3,(H,12,13)/t9-,11?/m0/s1. The zero-order valence-corrected chi connectivity index (χ0v) is 9.99. The highest BCUT2D eigenvalue weighted by Crippen LogP contribution is 2.13. The average Bonchev–Trinajstić information content (AvgIpc) is 2.77. The van der Waals surface area contributed by atoms with Crippen molar-refractivity contribution in [3.05, 3.63) is 0 Å². The van der Waals surface area contributed by atoms with Gasteiger partial charge in [-0.3, -0.25) is 4.79 Å². The van der Waals surface area contributed by atoms with Crippen LogP contribution in [-0.2, 0) is 14.3 Å². The fraction of sp³-hybridized carbons (Fsp3) is 0.909. The summed E-state index contributed by atoms with van der Waals surface area (Å²) in [5.41, 5.74) is -0.926. The third-order valence-electron chi connectivity index (χ3n) is 2.71. The lowest BCUT2D eigenvalue weighted by Gasteiger charge is -2.24. The van der Waals surface area contributed by atoms with E-state index in [1.54, 1.807) is 14.0 Å². The van der Waals surface area contributed by atoms with E-state index in [0.29, 0.717) is 19.6 Å². The minimum atomic E-state index is -0.926. The molecule has 0 bridgehead atoms. The summed E-state index contributed by atoms with van der Waals surface area (Å²) in [5, 5.41) is 12.6. The summed E-state index contributed by atoms with van der Waals surface area (Å²) < 4.78 is 10.1. The molecule has 5 heteroatoms. The number of hydrogen-bond donors (Lipinski definition) is 2. The SMILES string of the molecule is COCCC(C)(O)CNC(=O)[C@@H]1CCCO1. The molecule has 0 aliphatic carbocycles. The van der Waals surface area contributed by atoms with Gasteiger partial charge in [0.15, 0.2) is 0 Å². The molecular formula is C11H21NO4. The Kier molecular flexibility index (Phi) is 5.18. The van der Waals surface area contributed by atoms with Gasteiger partial charge in [0, 0.05) is 33.3 Å². The van der Waals surface area contributed by atoms with Gasteiger partial charge < -0.3 is 19.9 Å². The van der Waals surface area contributed by atoms with Crippen LogP contribution < -0.4 is 5.32 Å². The van der Waals surface area contributed by atoms with Crippen molar-refractivity contribution >= 4 is 5.91 Å². The van der Waals surface area contributed by atoms with Crippen LogP contribution in [0.4, 0.5) is 0 Å². The predicted octanol–water partition coefficient (Wildman–Crippen LogP) is 0.0691. The highest BCUT2D eigenvalue weighted by Gasteiger charge is 2.26. The van der Waals surface area contributed by atoms with Crippen molar-refractivity contribution in [1.82, 2.24) is 5.32 Å². The first-order chi connectivity index (χ1) is 7.55. The van der Waals surface area contributed by atoms with Crippen molar-refractivity contribution in [2.45, 2.75) is 37.9 Å². The van der Waals surface area contributed by atoms with Crippen LogP contribution in [0.2, 0.25) is 0 Å². The molecule has 1 rings (SSSR count). The minimum Gasteiger partial charge on any atom is -0.388 e. The Morgan fingerprint density at radius 3 is 3.00 bits per heavy atom. The van der Waals surface area contributed by atoms with E-state index < -0.39 is 5.60 Å². The second-order valence-electron chi connectivity index (χ2n) is 4.46. The van der Waals surface area contributed by atoms with Gasteiger partial charge in [-0.05, 0) is 19.8 Å². The lowest BCUT2D eigenvalue weighted by atomic mass is 10.0. The van der Waals surface area contributed by atoms with Gasteiger partial charge in [-0.15, -0.1) is 0 Å². The van der Waals surface area contributed by atoms with Crippen molar-refractivity contribution in [3.8, 4) is 0 Å². The largest absolute Gasteiger partial charge is 0.388 e. The number of ether oxygens (including phenoxy) is 2. The van der Waals surface area contributed by atoms with Crippen LogP contribution in [0.5, 0.6) is 0 Å². The molecule has 1 heterocycles. The van der Waals surface area contributed by atoms with Gasteiger partial charge in [0.2, 0.25) is 5.91 Å². The Morgan fingerprint density at radius 2 is 2.44 bits per heavy atom. The summed E-state index contributed by atoms with van der Waals surface area (Å²) in [5.74, 6) is -0.129. The van der Waals surface area contributed by atoms with Crippen LogP contribution in [0.25, 0.3) is 0 Å². The van der Waals surface area contributed by atoms with Crippen LogP contribution >= 0.6 is 0 Å². The van der Waals surface area contributed by atoms with E-state index in [-0.39, 0.29) is 18.6 Å². The van der Waals surface area contributed by atoms with E-state index >= 15 is 0 Å². The number of rotatable bonds is 6. The second-order valence-corrected chi connectivity index (χ2v) is 4.46. The number of amides is 1. The molecule has 2 N–H and O–H groups in total. The number of nitrogens with one attached hydrogen (secondary N) is 1. The van der Waals surface area contributed by atoms with Crippen LogP contribution in [0, 0.1) is 0 Å². The van der Waals surface area contributed by atoms with Crippen LogP contribution in [-0.4, -0.2) is 49.6 Å². The molecule has 94 valence electrons. The van der Waals surface area contributed by atoms with Crippen molar-refractivity contribution in [2.75, 3.05) is 26.9 Å². The van der Waals surface area contributed by atoms with Crippen molar-refractivity contribution < 1.29 is 19.4 Å². The summed E-state index contributed by atoms with van der Waals surface area (Å²) in [4.78, 5) is 11.6. The molecule has 1 amide bonds. The van der Waals surface area contributed by atoms with Crippen molar-refractivity contribution in [2.24, 2.45) is 0 Å². The van der Waals surface area contributed by atoms with Crippen molar-refractivity contribution in [1.29, 1.82) is 0 Å². The number of methoxy groups -OCH3 is 1. The fourth-order valence-electron chi connectivity index (χ4n) is 1.59. The van der Waals surface area contributed by atoms with Gasteiger partial charge in [0.1, 0.15) is 6.10 Å². The molecule has 0 spiro atoms. The maximum absolute atomic E-state index is 11.6. The maximum atomic E-state index is 11.6. The highest BCUT2D eigenvalue weighted by atomic mass is 16.5. The molecule has 0 radical (unpaired) electrons. The zero-order chi connectivity index (χ0) is 12.0. The molecule has 0 aromatic carbocycles. The van der Waals surface area contributed by atoms with E-state index in [1.165, 1.54) is 0 Å². The molecule has 5 nitrogen and oxygen atoms in total. The molecule has 1 aliphatic heterocycles. The zero-order valence-electron chi connectivity index (χ0n) is 9.99. The topological polar surface area (TPSA) is 67.8 Å². The van der Waals surface area contributed by atoms with Gasteiger partial charge in [-0.25, -0.2) is 0 Å². The van der Waals surface area contributed by atoms with E-state index in [4.69, 9.17) is 9.47 Å². The molecule has 0 saturated carbocycles. The van der Waals surface area contributed by atoms with E-state index in [2.05, 4.69) is 5.32 Å². The first-order valence-electron chi connectivity index (χ1n) is 5.66. The summed E-state index contributed by atoms with van der Waals surface area (Å²) in [6.45, 7) is 3.04. The van der Waals surface area contributed by atoms with E-state index in [0.717, 1.165) is 12.8 Å². The lowest BCUT2D eigenvalue weighted by molar-refractivity contribution is -0.131. The van der Waals surface area contributed by atoms with Gasteiger partial charge in [-0.2, -0.15) is 0 Å². The Hall–Kier alpha value is -0.650. The summed E-state index contributed by atoms with van der Waals surface area (Å²) in [6.07, 6.45) is 1.86. The Labute approximate surface area is 96.1 Å². The average molecular weight is 231 g/mol. The molecule has 0 aromatic heterocycles. The number of aliphatic hydroxyl groups is 1. The molecule has 1 saturated heterocycles. The smallest absolute Gasteiger partial charge is 0.249 e. The van der Waals surface area contributed by atoms with Gasteiger partial charge >= 0.3 is 0 Å². The molecular weight excluding hydrogens is 210 g/mol. The Balaban J connectivity index is 2.24. The van der Waals surface area contributed by atoms with Crippen LogP contribution in [0.15, 0.2) is 0 Å².